The van der Waals surface area contributed by atoms with Gasteiger partial charge in [-0.05, 0) is 81.0 Å². The smallest absolute Gasteiger partial charge is 0.305 e. The van der Waals surface area contributed by atoms with Crippen LogP contribution < -0.4 is 0 Å². The monoisotopic (exact) mass is 502 g/mol. The van der Waals surface area contributed by atoms with E-state index in [1.54, 1.807) is 6.08 Å². The molecule has 0 spiro atoms. The molecule has 0 aliphatic carbocycles. The summed E-state index contributed by atoms with van der Waals surface area (Å²) in [5.41, 5.74) is 0. The average molecular weight is 503 g/mol. The number of allylic oxidation sites excluding steroid dienone is 7. The minimum atomic E-state index is -1.93. The molecule has 5 heteroatoms. The Morgan fingerprint density at radius 1 is 1.03 bits per heavy atom. The van der Waals surface area contributed by atoms with Gasteiger partial charge in [0.2, 0.25) is 1.43 Å². The predicted octanol–water partition coefficient (Wildman–Crippen LogP) is 7.45. The van der Waals surface area contributed by atoms with E-state index in [0.717, 1.165) is 32.1 Å². The van der Waals surface area contributed by atoms with Crippen LogP contribution in [0.5, 0.6) is 0 Å². The third-order valence-corrected chi connectivity index (χ3v) is 10.4. The molecule has 0 saturated carbocycles. The Morgan fingerprint density at radius 2 is 1.69 bits per heavy atom. The lowest BCUT2D eigenvalue weighted by atomic mass is 10.1. The molecule has 0 saturated heterocycles. The summed E-state index contributed by atoms with van der Waals surface area (Å²) in [6.45, 7) is 13.3. The molecule has 0 bridgehead atoms. The maximum absolute atomic E-state index is 11.1. The number of ether oxygens (including phenoxy) is 1. The standard InChI is InChI=1S/C30H48O4Si/c1-8-9-10-17-22-27(31)23-18-15-16-20-25-28(34-35(6,7)30(2,3)4)24-19-13-11-12-14-21-26-29(32)33-5/h9-10,12-14,18-20,23,25,27-28,31H,8,11,17,21-22,24,26H2,1-7H3/b10-9-,14-12-,19-13-,23-18+,25-20+/t27-,28-/m0/s1/i31T. The number of carbonyl (C=O) groups is 1. The maximum Gasteiger partial charge on any atom is 0.305 e. The summed E-state index contributed by atoms with van der Waals surface area (Å²) in [4.78, 5) is 11.1. The van der Waals surface area contributed by atoms with Crippen molar-refractivity contribution in [3.63, 3.8) is 0 Å². The van der Waals surface area contributed by atoms with Gasteiger partial charge in [0, 0.05) is 6.42 Å². The molecule has 0 aromatic rings. The van der Waals surface area contributed by atoms with Gasteiger partial charge in [0.25, 0.3) is 0 Å². The van der Waals surface area contributed by atoms with Crippen LogP contribution in [0.25, 0.3) is 0 Å². The lowest BCUT2D eigenvalue weighted by Crippen LogP contribution is -2.43. The van der Waals surface area contributed by atoms with E-state index in [1.165, 1.54) is 7.11 Å². The number of rotatable bonds is 16. The Kier molecular flexibility index (Phi) is 16.9. The Morgan fingerprint density at radius 3 is 2.31 bits per heavy atom. The normalized spacial score (nSPS) is 15.2. The highest BCUT2D eigenvalue weighted by Crippen LogP contribution is 2.37. The second kappa shape index (κ2) is 19.1. The number of aliphatic hydroxyl groups excluding tert-OH is 1. The van der Waals surface area contributed by atoms with Gasteiger partial charge < -0.3 is 14.3 Å². The third kappa shape index (κ3) is 17.9. The first-order valence-electron chi connectivity index (χ1n) is 13.1. The molecule has 4 nitrogen and oxygen atoms in total. The van der Waals surface area contributed by atoms with Crippen molar-refractivity contribution in [3.8, 4) is 11.8 Å². The van der Waals surface area contributed by atoms with Crippen LogP contribution in [-0.4, -0.2) is 40.1 Å². The quantitative estimate of drug-likeness (QED) is 0.103. The van der Waals surface area contributed by atoms with Crippen LogP contribution in [0.3, 0.4) is 0 Å². The summed E-state index contributed by atoms with van der Waals surface area (Å²) in [6.07, 6.45) is 25.1. The first-order valence-corrected chi connectivity index (χ1v) is 15.6. The van der Waals surface area contributed by atoms with Crippen LogP contribution in [-0.2, 0) is 14.0 Å². The molecule has 0 aliphatic rings. The Bertz CT molecular complexity index is 807. The minimum absolute atomic E-state index is 0.0431. The van der Waals surface area contributed by atoms with Gasteiger partial charge in [-0.15, -0.1) is 0 Å². The number of aliphatic hydroxyl groups is 1. The highest BCUT2D eigenvalue weighted by molar-refractivity contribution is 6.74. The van der Waals surface area contributed by atoms with Crippen molar-refractivity contribution in [2.75, 3.05) is 7.11 Å². The van der Waals surface area contributed by atoms with Crippen LogP contribution in [0.2, 0.25) is 18.1 Å². The van der Waals surface area contributed by atoms with Gasteiger partial charge >= 0.3 is 5.97 Å². The number of methoxy groups -OCH3 is 1. The molecule has 2 atom stereocenters. The van der Waals surface area contributed by atoms with Gasteiger partial charge in [-0.25, -0.2) is 0 Å². The van der Waals surface area contributed by atoms with E-state index in [0.29, 0.717) is 12.8 Å². The molecule has 0 amide bonds. The van der Waals surface area contributed by atoms with Crippen molar-refractivity contribution in [2.45, 2.75) is 103 Å². The molecule has 0 aromatic carbocycles. The number of hydrogen-bond acceptors (Lipinski definition) is 4. The molecular weight excluding hydrogens is 452 g/mol. The van der Waals surface area contributed by atoms with Crippen molar-refractivity contribution >= 4 is 14.3 Å². The van der Waals surface area contributed by atoms with E-state index in [-0.39, 0.29) is 23.2 Å². The number of hydrogen-bond donors (Lipinski definition) is 1. The van der Waals surface area contributed by atoms with E-state index >= 15 is 0 Å². The topological polar surface area (TPSA) is 55.8 Å². The highest BCUT2D eigenvalue weighted by Gasteiger charge is 2.38. The first-order chi connectivity index (χ1) is 17.1. The Balaban J connectivity index is 4.98. The molecule has 0 radical (unpaired) electrons. The zero-order valence-corrected chi connectivity index (χ0v) is 24.0. The van der Waals surface area contributed by atoms with Gasteiger partial charge in [-0.1, -0.05) is 76.0 Å². The molecule has 196 valence electrons. The summed E-state index contributed by atoms with van der Waals surface area (Å²) in [7, 11) is -0.522. The lowest BCUT2D eigenvalue weighted by Gasteiger charge is -2.38. The largest absolute Gasteiger partial charge is 0.469 e. The summed E-state index contributed by atoms with van der Waals surface area (Å²) in [5, 5.41) is 4.88. The van der Waals surface area contributed by atoms with Gasteiger partial charge in [0.1, 0.15) is 0 Å². The maximum atomic E-state index is 11.1. The average Bonchev–Trinajstić information content (AvgIpc) is 2.82. The van der Waals surface area contributed by atoms with Gasteiger partial charge in [-0.3, -0.25) is 4.79 Å². The summed E-state index contributed by atoms with van der Waals surface area (Å²) >= 11 is 0. The zero-order valence-electron chi connectivity index (χ0n) is 24.0. The molecule has 0 aliphatic heterocycles. The molecule has 35 heavy (non-hydrogen) atoms. The predicted molar refractivity (Wildman–Crippen MR) is 152 cm³/mol. The lowest BCUT2D eigenvalue weighted by molar-refractivity contribution is -0.140. The summed E-state index contributed by atoms with van der Waals surface area (Å²) in [6, 6.07) is 0. The van der Waals surface area contributed by atoms with Crippen molar-refractivity contribution < 1.29 is 19.1 Å². The fourth-order valence-electron chi connectivity index (χ4n) is 2.69. The second-order valence-electron chi connectivity index (χ2n) is 9.95. The van der Waals surface area contributed by atoms with Crippen molar-refractivity contribution in [2.24, 2.45) is 0 Å². The van der Waals surface area contributed by atoms with Crippen LogP contribution in [0.1, 0.15) is 72.6 Å². The molecule has 0 fully saturated rings. The van der Waals surface area contributed by atoms with E-state index in [4.69, 9.17) is 11.0 Å². The summed E-state index contributed by atoms with van der Waals surface area (Å²) in [5.74, 6) is 5.87. The van der Waals surface area contributed by atoms with Gasteiger partial charge in [0.15, 0.2) is 8.32 Å². The van der Waals surface area contributed by atoms with Crippen LogP contribution in [0, 0.1) is 11.8 Å². The third-order valence-electron chi connectivity index (χ3n) is 5.86. The molecule has 0 unspecified atom stereocenters. The molecule has 0 aromatic heterocycles. The first kappa shape index (κ1) is 30.9. The Hall–Kier alpha value is -2.13. The highest BCUT2D eigenvalue weighted by atomic mass is 28.4. The van der Waals surface area contributed by atoms with Crippen molar-refractivity contribution in [1.29, 1.82) is 1.43 Å². The van der Waals surface area contributed by atoms with E-state index in [2.05, 4.69) is 87.7 Å². The Labute approximate surface area is 217 Å². The van der Waals surface area contributed by atoms with Crippen LogP contribution in [0.15, 0.2) is 60.8 Å². The SMILES string of the molecule is [3H]O[C@H](/C=C/C#C/C=C/[C@H](C/C=C\C/C=C\CCC(=O)OC)O[Si](C)(C)C(C)(C)C)CC/C=C\CC. The van der Waals surface area contributed by atoms with Crippen molar-refractivity contribution in [1.82, 2.24) is 0 Å². The second-order valence-corrected chi connectivity index (χ2v) is 14.7. The van der Waals surface area contributed by atoms with Crippen LogP contribution >= 0.6 is 0 Å². The van der Waals surface area contributed by atoms with Gasteiger partial charge in [0.05, 0.1) is 19.3 Å². The van der Waals surface area contributed by atoms with Crippen molar-refractivity contribution in [3.05, 3.63) is 60.8 Å². The molecular formula is C30H48O4Si. The fraction of sp³-hybridized carbons (Fsp3) is 0.567. The number of carbonyl (C=O) groups excluding carboxylic acids is 1. The molecule has 1 N–H and O–H groups in total. The van der Waals surface area contributed by atoms with E-state index in [9.17, 15) is 4.79 Å². The van der Waals surface area contributed by atoms with E-state index < -0.39 is 8.32 Å². The summed E-state index contributed by atoms with van der Waals surface area (Å²) < 4.78 is 18.5. The van der Waals surface area contributed by atoms with E-state index in [1.807, 2.05) is 24.3 Å². The molecule has 0 heterocycles. The van der Waals surface area contributed by atoms with Crippen LogP contribution in [0.4, 0.5) is 0 Å². The zero-order chi connectivity index (χ0) is 27.3. The fourth-order valence-corrected chi connectivity index (χ4v) is 3.98. The number of esters is 1. The van der Waals surface area contributed by atoms with Gasteiger partial charge in [-0.2, -0.15) is 0 Å². The molecule has 0 rings (SSSR count). The minimum Gasteiger partial charge on any atom is -0.469 e.